The van der Waals surface area contributed by atoms with Gasteiger partial charge in [-0.15, -0.1) is 0 Å². The highest BCUT2D eigenvalue weighted by atomic mass is 16.6. The first-order valence-corrected chi connectivity index (χ1v) is 16.8. The van der Waals surface area contributed by atoms with Gasteiger partial charge in [0.05, 0.1) is 39.6 Å². The van der Waals surface area contributed by atoms with Gasteiger partial charge in [-0.1, -0.05) is 121 Å². The van der Waals surface area contributed by atoms with Gasteiger partial charge in [0.1, 0.15) is 17.8 Å². The first kappa shape index (κ1) is 36.4. The van der Waals surface area contributed by atoms with E-state index in [4.69, 9.17) is 18.9 Å². The zero-order chi connectivity index (χ0) is 34.3. The molecule has 1 saturated heterocycles. The topological polar surface area (TPSA) is 101 Å². The van der Waals surface area contributed by atoms with Gasteiger partial charge in [0, 0.05) is 26.2 Å². The van der Waals surface area contributed by atoms with E-state index < -0.39 is 30.5 Å². The number of amides is 1. The van der Waals surface area contributed by atoms with Crippen LogP contribution in [0.5, 0.6) is 0 Å². The standard InChI is InChI=1S/C40H48N2O7/c1-41-22-24-42(25-23-41)39(44)37(48-28-34-18-10-4-11-19-34)36(47-27-33-16-8-3-9-17-33)38(49-29-35-20-12-5-13-21-35)40(45,30-43)31-46-26-32-14-6-2-7-15-32/h2-21,36-38,43,45H,22-31H2,1H3. The normalized spacial score (nSPS) is 16.8. The first-order valence-electron chi connectivity index (χ1n) is 16.8. The van der Waals surface area contributed by atoms with Crippen LogP contribution in [0.1, 0.15) is 22.3 Å². The van der Waals surface area contributed by atoms with Gasteiger partial charge in [-0.2, -0.15) is 0 Å². The number of aliphatic hydroxyl groups is 2. The lowest BCUT2D eigenvalue weighted by Crippen LogP contribution is -2.63. The van der Waals surface area contributed by atoms with Crippen molar-refractivity contribution < 1.29 is 34.0 Å². The van der Waals surface area contributed by atoms with E-state index in [-0.39, 0.29) is 38.9 Å². The maximum absolute atomic E-state index is 14.5. The van der Waals surface area contributed by atoms with Crippen LogP contribution >= 0.6 is 0 Å². The van der Waals surface area contributed by atoms with E-state index in [2.05, 4.69) is 4.90 Å². The van der Waals surface area contributed by atoms with E-state index in [1.807, 2.05) is 128 Å². The number of likely N-dealkylation sites (N-methyl/N-ethyl adjacent to an activating group) is 1. The summed E-state index contributed by atoms with van der Waals surface area (Å²) in [5.41, 5.74) is 1.55. The molecule has 0 aromatic heterocycles. The van der Waals surface area contributed by atoms with Gasteiger partial charge < -0.3 is 39.0 Å². The zero-order valence-electron chi connectivity index (χ0n) is 28.2. The second kappa shape index (κ2) is 18.7. The zero-order valence-corrected chi connectivity index (χ0v) is 28.2. The third kappa shape index (κ3) is 10.8. The van der Waals surface area contributed by atoms with Crippen LogP contribution in [-0.2, 0) is 50.2 Å². The number of hydrogen-bond acceptors (Lipinski definition) is 8. The third-order valence-corrected chi connectivity index (χ3v) is 8.75. The number of carbonyl (C=O) groups excluding carboxylic acids is 1. The Morgan fingerprint density at radius 3 is 1.55 bits per heavy atom. The molecule has 4 unspecified atom stereocenters. The van der Waals surface area contributed by atoms with Gasteiger partial charge in [0.15, 0.2) is 6.10 Å². The van der Waals surface area contributed by atoms with Crippen LogP contribution in [0.25, 0.3) is 0 Å². The van der Waals surface area contributed by atoms with Crippen molar-refractivity contribution in [2.24, 2.45) is 0 Å². The fourth-order valence-corrected chi connectivity index (χ4v) is 5.83. The summed E-state index contributed by atoms with van der Waals surface area (Å²) in [5, 5.41) is 23.2. The van der Waals surface area contributed by atoms with E-state index in [1.165, 1.54) is 0 Å². The summed E-state index contributed by atoms with van der Waals surface area (Å²) in [7, 11) is 2.03. The molecule has 260 valence electrons. The molecule has 9 heteroatoms. The van der Waals surface area contributed by atoms with Crippen LogP contribution in [0.4, 0.5) is 0 Å². The summed E-state index contributed by atoms with van der Waals surface area (Å²) in [6.45, 7) is 2.02. The SMILES string of the molecule is CN1CCN(C(=O)C(OCc2ccccc2)C(OCc2ccccc2)C(OCc2ccccc2)C(O)(CO)COCc2ccccc2)CC1. The third-order valence-electron chi connectivity index (χ3n) is 8.75. The fraction of sp³-hybridized carbons (Fsp3) is 0.375. The Kier molecular flexibility index (Phi) is 13.9. The van der Waals surface area contributed by atoms with Gasteiger partial charge in [-0.25, -0.2) is 0 Å². The second-order valence-corrected chi connectivity index (χ2v) is 12.6. The monoisotopic (exact) mass is 668 g/mol. The molecule has 4 aromatic carbocycles. The predicted molar refractivity (Wildman–Crippen MR) is 187 cm³/mol. The van der Waals surface area contributed by atoms with Gasteiger partial charge in [-0.3, -0.25) is 4.79 Å². The molecular formula is C40H48N2O7. The van der Waals surface area contributed by atoms with Crippen LogP contribution in [0.3, 0.4) is 0 Å². The minimum absolute atomic E-state index is 0.0891. The number of piperazine rings is 1. The van der Waals surface area contributed by atoms with Crippen molar-refractivity contribution in [1.82, 2.24) is 9.80 Å². The molecule has 0 bridgehead atoms. The molecule has 2 N–H and O–H groups in total. The minimum atomic E-state index is -1.97. The Hall–Kier alpha value is -3.93. The molecular weight excluding hydrogens is 620 g/mol. The number of ether oxygens (including phenoxy) is 4. The Balaban J connectivity index is 1.51. The fourth-order valence-electron chi connectivity index (χ4n) is 5.83. The van der Waals surface area contributed by atoms with Gasteiger partial charge in [-0.05, 0) is 29.3 Å². The van der Waals surface area contributed by atoms with Crippen molar-refractivity contribution in [1.29, 1.82) is 0 Å². The van der Waals surface area contributed by atoms with Gasteiger partial charge >= 0.3 is 0 Å². The second-order valence-electron chi connectivity index (χ2n) is 12.6. The van der Waals surface area contributed by atoms with Gasteiger partial charge in [0.2, 0.25) is 0 Å². The smallest absolute Gasteiger partial charge is 0.254 e. The van der Waals surface area contributed by atoms with E-state index >= 15 is 0 Å². The molecule has 1 aliphatic heterocycles. The number of aliphatic hydroxyl groups excluding tert-OH is 1. The lowest BCUT2D eigenvalue weighted by molar-refractivity contribution is -0.233. The number of nitrogens with zero attached hydrogens (tertiary/aromatic N) is 2. The van der Waals surface area contributed by atoms with Crippen molar-refractivity contribution in [2.75, 3.05) is 46.4 Å². The largest absolute Gasteiger partial charge is 0.393 e. The molecule has 5 rings (SSSR count). The predicted octanol–water partition coefficient (Wildman–Crippen LogP) is 4.46. The maximum atomic E-state index is 14.5. The molecule has 9 nitrogen and oxygen atoms in total. The van der Waals surface area contributed by atoms with E-state index in [9.17, 15) is 15.0 Å². The van der Waals surface area contributed by atoms with Crippen LogP contribution in [0.15, 0.2) is 121 Å². The molecule has 1 fully saturated rings. The lowest BCUT2D eigenvalue weighted by atomic mass is 9.90. The highest BCUT2D eigenvalue weighted by Gasteiger charge is 2.49. The maximum Gasteiger partial charge on any atom is 0.254 e. The molecule has 0 radical (unpaired) electrons. The molecule has 0 aliphatic carbocycles. The molecule has 1 heterocycles. The van der Waals surface area contributed by atoms with Crippen molar-refractivity contribution in [3.05, 3.63) is 144 Å². The summed E-state index contributed by atoms with van der Waals surface area (Å²) in [6.07, 6.45) is -3.56. The van der Waals surface area contributed by atoms with Crippen molar-refractivity contribution in [3.63, 3.8) is 0 Å². The molecule has 49 heavy (non-hydrogen) atoms. The Morgan fingerprint density at radius 2 is 1.08 bits per heavy atom. The van der Waals surface area contributed by atoms with Crippen LogP contribution in [0.2, 0.25) is 0 Å². The number of benzene rings is 4. The number of hydrogen-bond donors (Lipinski definition) is 2. The Bertz CT molecular complexity index is 1510. The molecule has 4 atom stereocenters. The van der Waals surface area contributed by atoms with Crippen LogP contribution in [-0.4, -0.2) is 96.3 Å². The summed E-state index contributed by atoms with van der Waals surface area (Å²) in [5.74, 6) is -0.263. The Morgan fingerprint density at radius 1 is 0.653 bits per heavy atom. The summed E-state index contributed by atoms with van der Waals surface area (Å²) >= 11 is 0. The Labute approximate surface area is 289 Å². The molecule has 0 saturated carbocycles. The summed E-state index contributed by atoms with van der Waals surface area (Å²) < 4.78 is 25.7. The average molecular weight is 669 g/mol. The number of rotatable bonds is 18. The highest BCUT2D eigenvalue weighted by molar-refractivity contribution is 5.82. The molecule has 1 amide bonds. The van der Waals surface area contributed by atoms with E-state index in [1.54, 1.807) is 4.90 Å². The molecule has 4 aromatic rings. The van der Waals surface area contributed by atoms with E-state index in [0.29, 0.717) is 26.2 Å². The highest BCUT2D eigenvalue weighted by Crippen LogP contribution is 2.28. The summed E-state index contributed by atoms with van der Waals surface area (Å²) in [6, 6.07) is 38.4. The van der Waals surface area contributed by atoms with Crippen molar-refractivity contribution in [2.45, 2.75) is 50.3 Å². The first-order chi connectivity index (χ1) is 23.9. The molecule has 0 spiro atoms. The van der Waals surface area contributed by atoms with Crippen molar-refractivity contribution >= 4 is 5.91 Å². The van der Waals surface area contributed by atoms with Crippen LogP contribution < -0.4 is 0 Å². The van der Waals surface area contributed by atoms with Crippen LogP contribution in [0, 0.1) is 0 Å². The van der Waals surface area contributed by atoms with Gasteiger partial charge in [0.25, 0.3) is 5.91 Å². The van der Waals surface area contributed by atoms with E-state index in [0.717, 1.165) is 22.3 Å². The average Bonchev–Trinajstić information content (AvgIpc) is 3.15. The summed E-state index contributed by atoms with van der Waals surface area (Å²) in [4.78, 5) is 18.5. The quantitative estimate of drug-likeness (QED) is 0.161. The number of carbonyl (C=O) groups is 1. The van der Waals surface area contributed by atoms with Crippen molar-refractivity contribution in [3.8, 4) is 0 Å². The minimum Gasteiger partial charge on any atom is -0.393 e. The molecule has 1 aliphatic rings. The lowest BCUT2D eigenvalue weighted by Gasteiger charge is -2.43.